The monoisotopic (exact) mass is 276 g/mol. The lowest BCUT2D eigenvalue weighted by molar-refractivity contribution is 0.208. The lowest BCUT2D eigenvalue weighted by atomic mass is 10.1. The molecule has 0 atom stereocenters. The number of carbonyl (C=O) groups is 1. The molecule has 2 rings (SSSR count). The van der Waals surface area contributed by atoms with Crippen molar-refractivity contribution in [1.29, 1.82) is 0 Å². The number of nitrogens with zero attached hydrogens (tertiary/aromatic N) is 1. The van der Waals surface area contributed by atoms with E-state index in [1.807, 2.05) is 0 Å². The molecule has 1 saturated heterocycles. The number of carbonyl (C=O) groups excluding carboxylic acids is 1. The third kappa shape index (κ3) is 3.72. The molecule has 1 aromatic rings. The average Bonchev–Trinajstić information content (AvgIpc) is 2.99. The molecule has 0 unspecified atom stereocenters. The lowest BCUT2D eigenvalue weighted by Crippen LogP contribution is -2.37. The predicted octanol–water partition coefficient (Wildman–Crippen LogP) is 1.47. The molecule has 1 aromatic carbocycles. The number of halogens is 1. The lowest BCUT2D eigenvalue weighted by Gasteiger charge is -2.16. The van der Waals surface area contributed by atoms with E-state index in [0.29, 0.717) is 11.1 Å². The van der Waals surface area contributed by atoms with Gasteiger partial charge >= 0.3 is 6.03 Å². The number of aliphatic hydroxyl groups excluding tert-OH is 1. The van der Waals surface area contributed by atoms with Crippen LogP contribution in [-0.4, -0.2) is 35.7 Å². The number of hydrogen-bond donors (Lipinski definition) is 2. The van der Waals surface area contributed by atoms with Crippen molar-refractivity contribution in [3.05, 3.63) is 35.1 Å². The maximum absolute atomic E-state index is 13.7. The molecule has 0 spiro atoms. The van der Waals surface area contributed by atoms with E-state index < -0.39 is 0 Å². The molecule has 1 heterocycles. The van der Waals surface area contributed by atoms with Crippen molar-refractivity contribution < 1.29 is 14.3 Å². The highest BCUT2D eigenvalue weighted by Gasteiger charge is 2.17. The van der Waals surface area contributed by atoms with Crippen molar-refractivity contribution in [3.63, 3.8) is 0 Å². The molecule has 2 N–H and O–H groups in total. The van der Waals surface area contributed by atoms with Gasteiger partial charge in [0.05, 0.1) is 0 Å². The molecule has 1 aliphatic heterocycles. The number of aliphatic hydroxyl groups is 1. The molecule has 20 heavy (non-hydrogen) atoms. The second-order valence-electron chi connectivity index (χ2n) is 4.62. The van der Waals surface area contributed by atoms with Crippen LogP contribution >= 0.6 is 0 Å². The van der Waals surface area contributed by atoms with Gasteiger partial charge in [0.15, 0.2) is 0 Å². The van der Waals surface area contributed by atoms with E-state index >= 15 is 0 Å². The van der Waals surface area contributed by atoms with Gasteiger partial charge in [-0.3, -0.25) is 0 Å². The predicted molar refractivity (Wildman–Crippen MR) is 73.4 cm³/mol. The van der Waals surface area contributed by atoms with E-state index in [1.54, 1.807) is 17.0 Å². The van der Waals surface area contributed by atoms with Gasteiger partial charge in [-0.15, -0.1) is 0 Å². The SMILES string of the molecule is O=C(NCc1cc(C#CCO)ccc1F)N1CCCC1. The Morgan fingerprint density at radius 2 is 2.15 bits per heavy atom. The van der Waals surface area contributed by atoms with Gasteiger partial charge in [-0.1, -0.05) is 11.8 Å². The maximum Gasteiger partial charge on any atom is 0.317 e. The van der Waals surface area contributed by atoms with Crippen LogP contribution in [-0.2, 0) is 6.54 Å². The smallest absolute Gasteiger partial charge is 0.317 e. The van der Waals surface area contributed by atoms with Gasteiger partial charge in [0.1, 0.15) is 12.4 Å². The van der Waals surface area contributed by atoms with E-state index in [-0.39, 0.29) is 25.0 Å². The van der Waals surface area contributed by atoms with Crippen LogP contribution < -0.4 is 5.32 Å². The van der Waals surface area contributed by atoms with Crippen LogP contribution in [0.4, 0.5) is 9.18 Å². The van der Waals surface area contributed by atoms with Gasteiger partial charge in [0.25, 0.3) is 0 Å². The third-order valence-electron chi connectivity index (χ3n) is 3.18. The van der Waals surface area contributed by atoms with Crippen molar-refractivity contribution in [2.45, 2.75) is 19.4 Å². The number of urea groups is 1. The van der Waals surface area contributed by atoms with Crippen molar-refractivity contribution in [2.75, 3.05) is 19.7 Å². The third-order valence-corrected chi connectivity index (χ3v) is 3.18. The minimum absolute atomic E-state index is 0.135. The summed E-state index contributed by atoms with van der Waals surface area (Å²) in [6.45, 7) is 1.42. The van der Waals surface area contributed by atoms with E-state index in [4.69, 9.17) is 5.11 Å². The Morgan fingerprint density at radius 1 is 1.40 bits per heavy atom. The first-order chi connectivity index (χ1) is 9.70. The van der Waals surface area contributed by atoms with Crippen LogP contribution in [0.25, 0.3) is 0 Å². The Morgan fingerprint density at radius 3 is 2.85 bits per heavy atom. The molecule has 1 aliphatic rings. The first-order valence-corrected chi connectivity index (χ1v) is 6.61. The maximum atomic E-state index is 13.7. The van der Waals surface area contributed by atoms with Gasteiger partial charge < -0.3 is 15.3 Å². The van der Waals surface area contributed by atoms with Crippen LogP contribution in [0.1, 0.15) is 24.0 Å². The van der Waals surface area contributed by atoms with Gasteiger partial charge in [0.2, 0.25) is 0 Å². The molecule has 0 aliphatic carbocycles. The van der Waals surface area contributed by atoms with E-state index in [0.717, 1.165) is 25.9 Å². The molecule has 0 saturated carbocycles. The van der Waals surface area contributed by atoms with Crippen molar-refractivity contribution >= 4 is 6.03 Å². The number of benzene rings is 1. The number of rotatable bonds is 2. The summed E-state index contributed by atoms with van der Waals surface area (Å²) in [6, 6.07) is 4.29. The van der Waals surface area contributed by atoms with Crippen molar-refractivity contribution in [3.8, 4) is 11.8 Å². The fourth-order valence-corrected chi connectivity index (χ4v) is 2.13. The quantitative estimate of drug-likeness (QED) is 0.804. The van der Waals surface area contributed by atoms with Gasteiger partial charge in [0, 0.05) is 30.8 Å². The second-order valence-corrected chi connectivity index (χ2v) is 4.62. The molecule has 0 aromatic heterocycles. The molecular weight excluding hydrogens is 259 g/mol. The summed E-state index contributed by atoms with van der Waals surface area (Å²) in [5.74, 6) is 4.85. The summed E-state index contributed by atoms with van der Waals surface area (Å²) in [5.41, 5.74) is 1.01. The fourth-order valence-electron chi connectivity index (χ4n) is 2.13. The average molecular weight is 276 g/mol. The molecule has 106 valence electrons. The zero-order valence-electron chi connectivity index (χ0n) is 11.2. The minimum atomic E-state index is -0.374. The Balaban J connectivity index is 1.99. The molecule has 0 bridgehead atoms. The molecule has 5 heteroatoms. The van der Waals surface area contributed by atoms with Crippen LogP contribution in [0.15, 0.2) is 18.2 Å². The summed E-state index contributed by atoms with van der Waals surface area (Å²) in [5, 5.41) is 11.4. The van der Waals surface area contributed by atoms with E-state index in [9.17, 15) is 9.18 Å². The molecule has 1 fully saturated rings. The van der Waals surface area contributed by atoms with Gasteiger partial charge in [-0.2, -0.15) is 0 Å². The summed E-state index contributed by atoms with van der Waals surface area (Å²) in [6.07, 6.45) is 2.04. The van der Waals surface area contributed by atoms with Crippen LogP contribution in [0.2, 0.25) is 0 Å². The normalized spacial score (nSPS) is 13.8. The summed E-state index contributed by atoms with van der Waals surface area (Å²) >= 11 is 0. The molecule has 2 amide bonds. The number of likely N-dealkylation sites (tertiary alicyclic amines) is 1. The number of nitrogens with one attached hydrogen (secondary N) is 1. The molecule has 0 radical (unpaired) electrons. The molecule has 4 nitrogen and oxygen atoms in total. The standard InChI is InChI=1S/C15H17FN2O2/c16-14-6-5-12(4-3-9-19)10-13(14)11-17-15(20)18-7-1-2-8-18/h5-6,10,19H,1-2,7-9,11H2,(H,17,20). The van der Waals surface area contributed by atoms with E-state index in [2.05, 4.69) is 17.2 Å². The van der Waals surface area contributed by atoms with Crippen LogP contribution in [0.3, 0.4) is 0 Å². The highest BCUT2D eigenvalue weighted by atomic mass is 19.1. The van der Waals surface area contributed by atoms with Gasteiger partial charge in [-0.05, 0) is 31.0 Å². The minimum Gasteiger partial charge on any atom is -0.384 e. The van der Waals surface area contributed by atoms with E-state index in [1.165, 1.54) is 6.07 Å². The Hall–Kier alpha value is -2.06. The summed E-state index contributed by atoms with van der Waals surface area (Å²) < 4.78 is 13.7. The van der Waals surface area contributed by atoms with Gasteiger partial charge in [-0.25, -0.2) is 9.18 Å². The van der Waals surface area contributed by atoms with Crippen LogP contribution in [0, 0.1) is 17.7 Å². The summed E-state index contributed by atoms with van der Waals surface area (Å²) in [4.78, 5) is 13.5. The zero-order valence-corrected chi connectivity index (χ0v) is 11.2. The first kappa shape index (κ1) is 14.4. The first-order valence-electron chi connectivity index (χ1n) is 6.61. The Kier molecular flexibility index (Phi) is 4.97. The Labute approximate surface area is 117 Å². The highest BCUT2D eigenvalue weighted by Crippen LogP contribution is 2.11. The number of hydrogen-bond acceptors (Lipinski definition) is 2. The topological polar surface area (TPSA) is 52.6 Å². The largest absolute Gasteiger partial charge is 0.384 e. The fraction of sp³-hybridized carbons (Fsp3) is 0.400. The van der Waals surface area contributed by atoms with Crippen LogP contribution in [0.5, 0.6) is 0 Å². The Bertz CT molecular complexity index is 543. The number of amides is 2. The highest BCUT2D eigenvalue weighted by molar-refractivity contribution is 5.74. The second kappa shape index (κ2) is 6.92. The van der Waals surface area contributed by atoms with Crippen molar-refractivity contribution in [2.24, 2.45) is 0 Å². The van der Waals surface area contributed by atoms with Crippen molar-refractivity contribution in [1.82, 2.24) is 10.2 Å². The zero-order chi connectivity index (χ0) is 14.4. The molecular formula is C15H17FN2O2. The summed E-state index contributed by atoms with van der Waals surface area (Å²) in [7, 11) is 0.